The Kier molecular flexibility index (Phi) is 4.56. The lowest BCUT2D eigenvalue weighted by Gasteiger charge is -2.16. The molecule has 4 atom stereocenters. The van der Waals surface area contributed by atoms with Gasteiger partial charge in [-0.1, -0.05) is 25.1 Å². The summed E-state index contributed by atoms with van der Waals surface area (Å²) in [7, 11) is 0. The molecule has 0 radical (unpaired) electrons. The minimum Gasteiger partial charge on any atom is -0.388 e. The minimum absolute atomic E-state index is 0.257. The number of amides is 1. The second-order valence-corrected chi connectivity index (χ2v) is 6.32. The number of carbonyl (C=O) groups excluding carboxylic acids is 1. The number of anilines is 1. The molecule has 1 aliphatic heterocycles. The highest BCUT2D eigenvalue weighted by Crippen LogP contribution is 2.33. The van der Waals surface area contributed by atoms with Crippen LogP contribution in [0.1, 0.15) is 29.9 Å². The van der Waals surface area contributed by atoms with Crippen LogP contribution in [0.4, 0.5) is 5.82 Å². The van der Waals surface area contributed by atoms with Crippen LogP contribution in [0.25, 0.3) is 11.2 Å². The number of aromatic nitrogens is 4. The SMILES string of the molecule is CC[C@H]1O[C@@H](n2cnc3c(NC(=O)c4ccccc4)ncnc32)C(O)[C@H]1O. The van der Waals surface area contributed by atoms with Crippen LogP contribution < -0.4 is 5.32 Å². The fourth-order valence-electron chi connectivity index (χ4n) is 3.20. The first-order valence-electron chi connectivity index (χ1n) is 8.65. The van der Waals surface area contributed by atoms with Crippen LogP contribution in [0.3, 0.4) is 0 Å². The molecular weight excluding hydrogens is 350 g/mol. The Bertz CT molecular complexity index is 961. The summed E-state index contributed by atoms with van der Waals surface area (Å²) in [5, 5.41) is 23.1. The van der Waals surface area contributed by atoms with Gasteiger partial charge in [-0.25, -0.2) is 15.0 Å². The van der Waals surface area contributed by atoms with E-state index in [1.165, 1.54) is 12.7 Å². The van der Waals surface area contributed by atoms with E-state index < -0.39 is 24.5 Å². The average molecular weight is 369 g/mol. The van der Waals surface area contributed by atoms with Crippen LogP contribution in [-0.2, 0) is 4.74 Å². The molecule has 2 aromatic heterocycles. The summed E-state index contributed by atoms with van der Waals surface area (Å²) in [4.78, 5) is 25.0. The first-order chi connectivity index (χ1) is 13.1. The smallest absolute Gasteiger partial charge is 0.256 e. The third-order valence-corrected chi connectivity index (χ3v) is 4.64. The zero-order valence-corrected chi connectivity index (χ0v) is 14.6. The van der Waals surface area contributed by atoms with Crippen LogP contribution in [0.5, 0.6) is 0 Å². The number of ether oxygens (including phenoxy) is 1. The number of nitrogens with zero attached hydrogens (tertiary/aromatic N) is 4. The number of benzene rings is 1. The number of imidazole rings is 1. The van der Waals surface area contributed by atoms with Crippen molar-refractivity contribution in [3.8, 4) is 0 Å². The first kappa shape index (κ1) is 17.5. The molecule has 0 aliphatic carbocycles. The summed E-state index contributed by atoms with van der Waals surface area (Å²) >= 11 is 0. The lowest BCUT2D eigenvalue weighted by molar-refractivity contribution is -0.0355. The molecule has 1 unspecified atom stereocenters. The molecule has 9 heteroatoms. The van der Waals surface area contributed by atoms with E-state index in [-0.39, 0.29) is 11.7 Å². The molecule has 1 fully saturated rings. The highest BCUT2D eigenvalue weighted by molar-refractivity contribution is 6.06. The van der Waals surface area contributed by atoms with Gasteiger partial charge in [0, 0.05) is 5.56 Å². The van der Waals surface area contributed by atoms with Crippen LogP contribution in [-0.4, -0.2) is 54.0 Å². The Hall–Kier alpha value is -2.88. The number of aliphatic hydroxyl groups excluding tert-OH is 2. The zero-order valence-electron chi connectivity index (χ0n) is 14.6. The van der Waals surface area contributed by atoms with Gasteiger partial charge in [-0.3, -0.25) is 9.36 Å². The molecule has 0 saturated carbocycles. The molecule has 140 valence electrons. The monoisotopic (exact) mass is 369 g/mol. The van der Waals surface area contributed by atoms with E-state index in [2.05, 4.69) is 20.3 Å². The van der Waals surface area contributed by atoms with E-state index in [0.717, 1.165) is 0 Å². The number of hydrogen-bond donors (Lipinski definition) is 3. The van der Waals surface area contributed by atoms with Crippen molar-refractivity contribution < 1.29 is 19.7 Å². The van der Waals surface area contributed by atoms with Gasteiger partial charge in [0.2, 0.25) is 0 Å². The third kappa shape index (κ3) is 3.05. The maximum absolute atomic E-state index is 12.4. The number of nitrogens with one attached hydrogen (secondary N) is 1. The van der Waals surface area contributed by atoms with Gasteiger partial charge in [-0.2, -0.15) is 0 Å². The summed E-state index contributed by atoms with van der Waals surface area (Å²) in [6.45, 7) is 1.87. The van der Waals surface area contributed by atoms with E-state index in [4.69, 9.17) is 4.74 Å². The number of aliphatic hydroxyl groups is 2. The van der Waals surface area contributed by atoms with E-state index in [1.54, 1.807) is 28.8 Å². The van der Waals surface area contributed by atoms with E-state index in [9.17, 15) is 15.0 Å². The summed E-state index contributed by atoms with van der Waals surface area (Å²) in [5.74, 6) is -0.0588. The molecule has 27 heavy (non-hydrogen) atoms. The Labute approximate surface area is 154 Å². The maximum Gasteiger partial charge on any atom is 0.256 e. The van der Waals surface area contributed by atoms with Crippen molar-refractivity contribution in [1.29, 1.82) is 0 Å². The fraction of sp³-hybridized carbons (Fsp3) is 0.333. The van der Waals surface area contributed by atoms with E-state index >= 15 is 0 Å². The average Bonchev–Trinajstić information content (AvgIpc) is 3.25. The summed E-state index contributed by atoms with van der Waals surface area (Å²) in [6.07, 6.45) is -0.0635. The first-order valence-corrected chi connectivity index (χ1v) is 8.65. The van der Waals surface area contributed by atoms with Crippen molar-refractivity contribution in [2.75, 3.05) is 5.32 Å². The molecule has 4 rings (SSSR count). The molecule has 1 saturated heterocycles. The second kappa shape index (κ2) is 7.03. The Balaban J connectivity index is 1.65. The molecule has 3 N–H and O–H groups in total. The minimum atomic E-state index is -1.11. The summed E-state index contributed by atoms with van der Waals surface area (Å²) in [6, 6.07) is 8.76. The quantitative estimate of drug-likeness (QED) is 0.629. The van der Waals surface area contributed by atoms with Gasteiger partial charge in [0.15, 0.2) is 23.2 Å². The van der Waals surface area contributed by atoms with Crippen molar-refractivity contribution in [3.63, 3.8) is 0 Å². The van der Waals surface area contributed by atoms with Crippen LogP contribution in [0.2, 0.25) is 0 Å². The topological polar surface area (TPSA) is 122 Å². The van der Waals surface area contributed by atoms with Crippen molar-refractivity contribution in [2.24, 2.45) is 0 Å². The molecule has 0 spiro atoms. The molecule has 1 amide bonds. The van der Waals surface area contributed by atoms with Gasteiger partial charge >= 0.3 is 0 Å². The van der Waals surface area contributed by atoms with Gasteiger partial charge in [-0.15, -0.1) is 0 Å². The van der Waals surface area contributed by atoms with Crippen molar-refractivity contribution in [3.05, 3.63) is 48.5 Å². The Morgan fingerprint density at radius 1 is 1.19 bits per heavy atom. The molecule has 1 aliphatic rings. The molecular formula is C18H19N5O4. The lowest BCUT2D eigenvalue weighted by atomic mass is 10.1. The number of fused-ring (bicyclic) bond motifs is 1. The fourth-order valence-corrected chi connectivity index (χ4v) is 3.20. The van der Waals surface area contributed by atoms with Crippen LogP contribution in [0, 0.1) is 0 Å². The summed E-state index contributed by atoms with van der Waals surface area (Å²) in [5.41, 5.74) is 1.25. The largest absolute Gasteiger partial charge is 0.388 e. The van der Waals surface area contributed by atoms with Gasteiger partial charge in [-0.05, 0) is 18.6 Å². The van der Waals surface area contributed by atoms with Crippen molar-refractivity contribution in [1.82, 2.24) is 19.5 Å². The third-order valence-electron chi connectivity index (χ3n) is 4.64. The summed E-state index contributed by atoms with van der Waals surface area (Å²) < 4.78 is 7.29. The number of hydrogen-bond acceptors (Lipinski definition) is 7. The standard InChI is InChI=1S/C18H19N5O4/c1-2-11-13(24)14(25)18(27-11)23-9-21-12-15(19-8-20-16(12)23)22-17(26)10-6-4-3-5-7-10/h3-9,11,13-14,18,24-25H,2H2,1H3,(H,19,20,22,26)/t11-,13+,14?,18-/m1/s1. The Morgan fingerprint density at radius 3 is 2.67 bits per heavy atom. The van der Waals surface area contributed by atoms with Gasteiger partial charge in [0.25, 0.3) is 5.91 Å². The Morgan fingerprint density at radius 2 is 1.96 bits per heavy atom. The molecule has 3 aromatic rings. The second-order valence-electron chi connectivity index (χ2n) is 6.32. The zero-order chi connectivity index (χ0) is 19.0. The predicted molar refractivity (Wildman–Crippen MR) is 95.9 cm³/mol. The number of carbonyl (C=O) groups is 1. The maximum atomic E-state index is 12.4. The molecule has 3 heterocycles. The lowest BCUT2D eigenvalue weighted by Crippen LogP contribution is -2.31. The normalized spacial score (nSPS) is 25.0. The number of rotatable bonds is 4. The molecule has 9 nitrogen and oxygen atoms in total. The van der Waals surface area contributed by atoms with Gasteiger partial charge in [0.1, 0.15) is 18.5 Å². The molecule has 0 bridgehead atoms. The molecule has 1 aromatic carbocycles. The van der Waals surface area contributed by atoms with E-state index in [0.29, 0.717) is 23.1 Å². The highest BCUT2D eigenvalue weighted by Gasteiger charge is 2.43. The van der Waals surface area contributed by atoms with Gasteiger partial charge in [0.05, 0.1) is 12.4 Å². The van der Waals surface area contributed by atoms with Crippen LogP contribution in [0.15, 0.2) is 43.0 Å². The predicted octanol–water partition coefficient (Wildman–Crippen LogP) is 1.11. The van der Waals surface area contributed by atoms with E-state index in [1.807, 2.05) is 13.0 Å². The van der Waals surface area contributed by atoms with Crippen LogP contribution >= 0.6 is 0 Å². The highest BCUT2D eigenvalue weighted by atomic mass is 16.6. The van der Waals surface area contributed by atoms with Crippen molar-refractivity contribution in [2.45, 2.75) is 37.9 Å². The van der Waals surface area contributed by atoms with Gasteiger partial charge < -0.3 is 20.3 Å². The van der Waals surface area contributed by atoms with Crippen molar-refractivity contribution >= 4 is 22.9 Å².